The number of pyridine rings is 1. The highest BCUT2D eigenvalue weighted by atomic mass is 19.4. The largest absolute Gasteiger partial charge is 0.475 e. The van der Waals surface area contributed by atoms with E-state index < -0.39 is 17.6 Å². The molecule has 124 valence electrons. The van der Waals surface area contributed by atoms with Crippen molar-refractivity contribution in [3.8, 4) is 5.88 Å². The van der Waals surface area contributed by atoms with Crippen LogP contribution >= 0.6 is 0 Å². The van der Waals surface area contributed by atoms with Crippen molar-refractivity contribution in [1.29, 1.82) is 0 Å². The van der Waals surface area contributed by atoms with Gasteiger partial charge in [-0.1, -0.05) is 13.8 Å². The van der Waals surface area contributed by atoms with Gasteiger partial charge in [0.2, 0.25) is 5.88 Å². The lowest BCUT2D eigenvalue weighted by atomic mass is 10.2. The number of nitrogens with zero attached hydrogens (tertiary/aromatic N) is 2. The minimum absolute atomic E-state index is 0.0441. The van der Waals surface area contributed by atoms with Gasteiger partial charge in [-0.05, 0) is 18.1 Å². The van der Waals surface area contributed by atoms with Crippen LogP contribution in [0, 0.1) is 5.92 Å². The molecule has 0 radical (unpaired) electrons. The molecule has 0 saturated heterocycles. The first-order valence-electron chi connectivity index (χ1n) is 6.94. The quantitative estimate of drug-likeness (QED) is 0.480. The molecule has 0 aromatic carbocycles. The number of guanidine groups is 1. The van der Waals surface area contributed by atoms with Crippen LogP contribution in [0.25, 0.3) is 0 Å². The fourth-order valence-electron chi connectivity index (χ4n) is 1.56. The van der Waals surface area contributed by atoms with Crippen LogP contribution in [-0.2, 0) is 6.18 Å². The van der Waals surface area contributed by atoms with Gasteiger partial charge >= 0.3 is 6.18 Å². The van der Waals surface area contributed by atoms with Crippen LogP contribution in [-0.4, -0.2) is 37.7 Å². The zero-order chi connectivity index (χ0) is 16.6. The predicted octanol–water partition coefficient (Wildman–Crippen LogP) is 2.30. The molecule has 1 heterocycles. The molecule has 8 heteroatoms. The van der Waals surface area contributed by atoms with Crippen molar-refractivity contribution in [2.75, 3.05) is 26.7 Å². The Hall–Kier alpha value is -1.99. The standard InChI is InChI=1S/C14H21F3N4O/c1-10(2)9-21-13(18-3)20-7-8-22-12-11(14(15,16)17)5-4-6-19-12/h4-6,10H,7-9H2,1-3H3,(H2,18,20,21). The minimum atomic E-state index is -4.48. The smallest absolute Gasteiger partial charge is 0.421 e. The van der Waals surface area contributed by atoms with Crippen LogP contribution in [0.3, 0.4) is 0 Å². The van der Waals surface area contributed by atoms with Crippen molar-refractivity contribution in [2.24, 2.45) is 10.9 Å². The minimum Gasteiger partial charge on any atom is -0.475 e. The van der Waals surface area contributed by atoms with Gasteiger partial charge in [-0.2, -0.15) is 13.2 Å². The Morgan fingerprint density at radius 3 is 2.68 bits per heavy atom. The number of aliphatic imine (C=N–C) groups is 1. The van der Waals surface area contributed by atoms with Crippen LogP contribution in [0.4, 0.5) is 13.2 Å². The molecule has 22 heavy (non-hydrogen) atoms. The lowest BCUT2D eigenvalue weighted by Crippen LogP contribution is -2.40. The molecule has 2 N–H and O–H groups in total. The van der Waals surface area contributed by atoms with Gasteiger partial charge in [0.1, 0.15) is 12.2 Å². The topological polar surface area (TPSA) is 58.5 Å². The molecule has 0 unspecified atom stereocenters. The van der Waals surface area contributed by atoms with Crippen LogP contribution in [0.2, 0.25) is 0 Å². The van der Waals surface area contributed by atoms with E-state index in [-0.39, 0.29) is 6.61 Å². The second-order valence-corrected chi connectivity index (χ2v) is 4.98. The summed E-state index contributed by atoms with van der Waals surface area (Å²) in [6.07, 6.45) is -3.22. The number of nitrogens with one attached hydrogen (secondary N) is 2. The van der Waals surface area contributed by atoms with Crippen LogP contribution < -0.4 is 15.4 Å². The average Bonchev–Trinajstić information content (AvgIpc) is 2.45. The first-order valence-corrected chi connectivity index (χ1v) is 6.94. The maximum Gasteiger partial charge on any atom is 0.421 e. The molecule has 0 aliphatic carbocycles. The van der Waals surface area contributed by atoms with Gasteiger partial charge in [0.05, 0.1) is 6.54 Å². The lowest BCUT2D eigenvalue weighted by Gasteiger charge is -2.15. The van der Waals surface area contributed by atoms with Crippen molar-refractivity contribution in [2.45, 2.75) is 20.0 Å². The summed E-state index contributed by atoms with van der Waals surface area (Å²) in [5, 5.41) is 6.05. The first kappa shape index (κ1) is 18.1. The summed E-state index contributed by atoms with van der Waals surface area (Å²) in [6.45, 7) is 5.22. The van der Waals surface area contributed by atoms with Gasteiger partial charge in [-0.25, -0.2) is 4.98 Å². The van der Waals surface area contributed by atoms with E-state index in [1.54, 1.807) is 7.05 Å². The first-order chi connectivity index (χ1) is 10.3. The Morgan fingerprint density at radius 1 is 1.36 bits per heavy atom. The molecule has 0 aliphatic heterocycles. The molecule has 0 spiro atoms. The second kappa shape index (κ2) is 8.45. The summed E-state index contributed by atoms with van der Waals surface area (Å²) in [5.41, 5.74) is -0.877. The highest BCUT2D eigenvalue weighted by Crippen LogP contribution is 2.34. The lowest BCUT2D eigenvalue weighted by molar-refractivity contribution is -0.139. The summed E-state index contributed by atoms with van der Waals surface area (Å²) in [4.78, 5) is 7.63. The van der Waals surface area contributed by atoms with Gasteiger partial charge in [0.25, 0.3) is 0 Å². The van der Waals surface area contributed by atoms with Gasteiger partial charge in [0.15, 0.2) is 5.96 Å². The molecule has 5 nitrogen and oxygen atoms in total. The van der Waals surface area contributed by atoms with Crippen molar-refractivity contribution in [3.05, 3.63) is 23.9 Å². The molecule has 0 saturated carbocycles. The number of hydrogen-bond donors (Lipinski definition) is 2. The van der Waals surface area contributed by atoms with Gasteiger partial charge in [-0.3, -0.25) is 4.99 Å². The van der Waals surface area contributed by atoms with Gasteiger partial charge < -0.3 is 15.4 Å². The molecule has 0 aliphatic rings. The highest BCUT2D eigenvalue weighted by Gasteiger charge is 2.34. The Bertz CT molecular complexity index is 489. The van der Waals surface area contributed by atoms with E-state index in [2.05, 4.69) is 34.5 Å². The normalized spacial score (nSPS) is 12.4. The van der Waals surface area contributed by atoms with E-state index in [4.69, 9.17) is 4.74 Å². The molecule has 0 atom stereocenters. The molecule has 0 amide bonds. The van der Waals surface area contributed by atoms with E-state index in [1.807, 2.05) is 0 Å². The number of rotatable bonds is 6. The number of alkyl halides is 3. The number of hydrogen-bond acceptors (Lipinski definition) is 3. The second-order valence-electron chi connectivity index (χ2n) is 4.98. The van der Waals surface area contributed by atoms with E-state index in [1.165, 1.54) is 12.3 Å². The third kappa shape index (κ3) is 6.19. The van der Waals surface area contributed by atoms with Crippen molar-refractivity contribution in [1.82, 2.24) is 15.6 Å². The summed E-state index contributed by atoms with van der Waals surface area (Å²) in [7, 11) is 1.62. The molecular weight excluding hydrogens is 297 g/mol. The number of ether oxygens (including phenoxy) is 1. The highest BCUT2D eigenvalue weighted by molar-refractivity contribution is 5.79. The fourth-order valence-corrected chi connectivity index (χ4v) is 1.56. The van der Waals surface area contributed by atoms with Crippen molar-refractivity contribution in [3.63, 3.8) is 0 Å². The molecule has 0 bridgehead atoms. The Balaban J connectivity index is 2.45. The van der Waals surface area contributed by atoms with Crippen LogP contribution in [0.1, 0.15) is 19.4 Å². The summed E-state index contributed by atoms with van der Waals surface area (Å²) >= 11 is 0. The molecule has 1 aromatic heterocycles. The zero-order valence-corrected chi connectivity index (χ0v) is 12.9. The number of aromatic nitrogens is 1. The molecule has 1 rings (SSSR count). The Kier molecular flexibility index (Phi) is 6.94. The third-order valence-electron chi connectivity index (χ3n) is 2.61. The van der Waals surface area contributed by atoms with E-state index in [0.717, 1.165) is 12.6 Å². The summed E-state index contributed by atoms with van der Waals surface area (Å²) < 4.78 is 43.4. The SMILES string of the molecule is CN=C(NCCOc1ncccc1C(F)(F)F)NCC(C)C. The maximum atomic E-state index is 12.8. The molecular formula is C14H21F3N4O. The predicted molar refractivity (Wildman–Crippen MR) is 78.9 cm³/mol. The summed E-state index contributed by atoms with van der Waals surface area (Å²) in [6, 6.07) is 2.17. The van der Waals surface area contributed by atoms with Crippen LogP contribution in [0.5, 0.6) is 5.88 Å². The average molecular weight is 318 g/mol. The Labute approximate surface area is 128 Å². The number of halogens is 3. The van der Waals surface area contributed by atoms with Crippen molar-refractivity contribution < 1.29 is 17.9 Å². The van der Waals surface area contributed by atoms with Crippen LogP contribution in [0.15, 0.2) is 23.3 Å². The maximum absolute atomic E-state index is 12.8. The third-order valence-corrected chi connectivity index (χ3v) is 2.61. The summed E-state index contributed by atoms with van der Waals surface area (Å²) in [5.74, 6) is 0.619. The monoisotopic (exact) mass is 318 g/mol. The van der Waals surface area contributed by atoms with Gasteiger partial charge in [0, 0.05) is 19.8 Å². The van der Waals surface area contributed by atoms with E-state index in [9.17, 15) is 13.2 Å². The fraction of sp³-hybridized carbons (Fsp3) is 0.571. The Morgan fingerprint density at radius 2 is 2.09 bits per heavy atom. The van der Waals surface area contributed by atoms with E-state index >= 15 is 0 Å². The molecule has 1 aromatic rings. The zero-order valence-electron chi connectivity index (χ0n) is 12.9. The molecule has 0 fully saturated rings. The van der Waals surface area contributed by atoms with E-state index in [0.29, 0.717) is 18.4 Å². The van der Waals surface area contributed by atoms with Gasteiger partial charge in [-0.15, -0.1) is 0 Å². The van der Waals surface area contributed by atoms with Crippen molar-refractivity contribution >= 4 is 5.96 Å².